The van der Waals surface area contributed by atoms with Crippen LogP contribution in [0, 0.1) is 0 Å². The minimum absolute atomic E-state index is 0.177. The van der Waals surface area contributed by atoms with Crippen molar-refractivity contribution in [1.29, 1.82) is 0 Å². The lowest BCUT2D eigenvalue weighted by molar-refractivity contribution is -0.112. The summed E-state index contributed by atoms with van der Waals surface area (Å²) >= 11 is 1.48. The van der Waals surface area contributed by atoms with E-state index in [2.05, 4.69) is 34.9 Å². The molecule has 1 unspecified atom stereocenters. The Morgan fingerprint density at radius 2 is 1.57 bits per heavy atom. The van der Waals surface area contributed by atoms with Crippen molar-refractivity contribution in [3.8, 4) is 17.2 Å². The number of thiophene rings is 1. The topological polar surface area (TPSA) is 178 Å². The van der Waals surface area contributed by atoms with Crippen molar-refractivity contribution in [2.24, 2.45) is 0 Å². The second-order valence-electron chi connectivity index (χ2n) is 16.7. The summed E-state index contributed by atoms with van der Waals surface area (Å²) in [5, 5.41) is 8.70. The predicted octanol–water partition coefficient (Wildman–Crippen LogP) is 7.39. The molecule has 0 bridgehead atoms. The lowest BCUT2D eigenvalue weighted by Crippen LogP contribution is -2.37. The number of anilines is 1. The van der Waals surface area contributed by atoms with Crippen LogP contribution in [-0.2, 0) is 52.0 Å². The SMILES string of the molecule is CCOc1cc([C@@H](CS(C)(=O)=O)N2C(=O)c3cccc(NCCc4ccc(CCCCNCc5ccc(OCc6scc7c6CN(C(C=O)CCC=O)C7=O)cc5)cc4)c3C2=O)ccc1OC. The summed E-state index contributed by atoms with van der Waals surface area (Å²) in [6.45, 7) is 4.95. The fraction of sp³-hybridized carbons (Fsp3) is 0.353. The number of sulfone groups is 1. The van der Waals surface area contributed by atoms with Gasteiger partial charge >= 0.3 is 0 Å². The zero-order chi connectivity index (χ0) is 47.5. The monoisotopic (exact) mass is 948 g/mol. The van der Waals surface area contributed by atoms with Gasteiger partial charge in [0, 0.05) is 53.8 Å². The van der Waals surface area contributed by atoms with E-state index in [-0.39, 0.29) is 23.5 Å². The molecule has 0 spiro atoms. The first-order valence-electron chi connectivity index (χ1n) is 22.5. The van der Waals surface area contributed by atoms with Crippen LogP contribution in [0.15, 0.2) is 90.3 Å². The molecule has 2 aliphatic heterocycles. The molecular formula is C51H56N4O10S2. The third kappa shape index (κ3) is 11.8. The molecule has 3 heterocycles. The van der Waals surface area contributed by atoms with Crippen molar-refractivity contribution in [3.63, 3.8) is 0 Å². The molecule has 2 N–H and O–H groups in total. The van der Waals surface area contributed by atoms with Crippen LogP contribution in [0.1, 0.15) is 102 Å². The molecule has 0 saturated carbocycles. The van der Waals surface area contributed by atoms with Crippen LogP contribution in [0.3, 0.4) is 0 Å². The van der Waals surface area contributed by atoms with Crippen molar-refractivity contribution in [3.05, 3.63) is 140 Å². The molecular weight excluding hydrogens is 893 g/mol. The van der Waals surface area contributed by atoms with E-state index in [0.717, 1.165) is 83.4 Å². The average Bonchev–Trinajstić information content (AvgIpc) is 3.96. The fourth-order valence-electron chi connectivity index (χ4n) is 8.48. The Hall–Kier alpha value is -6.36. The Kier molecular flexibility index (Phi) is 16.3. The molecule has 0 saturated heterocycles. The second-order valence-corrected chi connectivity index (χ2v) is 19.8. The zero-order valence-electron chi connectivity index (χ0n) is 38.0. The number of hydrogen-bond donors (Lipinski definition) is 2. The number of hydrogen-bond acceptors (Lipinski definition) is 13. The molecule has 0 radical (unpaired) electrons. The highest BCUT2D eigenvalue weighted by Gasteiger charge is 2.43. The van der Waals surface area contributed by atoms with Crippen molar-refractivity contribution in [2.45, 2.75) is 77.2 Å². The number of aryl methyl sites for hydroxylation is 1. The third-order valence-corrected chi connectivity index (χ3v) is 13.9. The Morgan fingerprint density at radius 1 is 0.821 bits per heavy atom. The summed E-state index contributed by atoms with van der Waals surface area (Å²) in [5.41, 5.74) is 6.41. The Labute approximate surface area is 395 Å². The number of carbonyl (C=O) groups is 5. The highest BCUT2D eigenvalue weighted by Crippen LogP contribution is 2.39. The van der Waals surface area contributed by atoms with E-state index >= 15 is 0 Å². The van der Waals surface area contributed by atoms with Crippen molar-refractivity contribution in [1.82, 2.24) is 15.1 Å². The molecule has 3 amide bonds. The van der Waals surface area contributed by atoms with Crippen LogP contribution in [0.25, 0.3) is 0 Å². The summed E-state index contributed by atoms with van der Waals surface area (Å²) in [5.74, 6) is -0.177. The number of methoxy groups -OCH3 is 1. The van der Waals surface area contributed by atoms with Gasteiger partial charge in [-0.3, -0.25) is 19.3 Å². The Balaban J connectivity index is 0.830. The largest absolute Gasteiger partial charge is 0.493 e. The summed E-state index contributed by atoms with van der Waals surface area (Å²) < 4.78 is 42.5. The quantitative estimate of drug-likeness (QED) is 0.0320. The molecule has 2 atom stereocenters. The van der Waals surface area contributed by atoms with Gasteiger partial charge in [-0.15, -0.1) is 11.3 Å². The van der Waals surface area contributed by atoms with E-state index in [9.17, 15) is 32.4 Å². The van der Waals surface area contributed by atoms with E-state index < -0.39 is 39.5 Å². The number of nitrogens with zero attached hydrogens (tertiary/aromatic N) is 2. The van der Waals surface area contributed by atoms with Crippen LogP contribution in [0.2, 0.25) is 0 Å². The van der Waals surface area contributed by atoms with Gasteiger partial charge in [-0.2, -0.15) is 0 Å². The van der Waals surface area contributed by atoms with Crippen LogP contribution in [-0.4, -0.2) is 93.4 Å². The molecule has 0 aliphatic carbocycles. The maximum absolute atomic E-state index is 14.1. The van der Waals surface area contributed by atoms with Crippen LogP contribution in [0.4, 0.5) is 5.69 Å². The fourth-order valence-corrected chi connectivity index (χ4v) is 10.3. The first-order valence-corrected chi connectivity index (χ1v) is 25.4. The third-order valence-electron chi connectivity index (χ3n) is 12.0. The second kappa shape index (κ2) is 22.4. The van der Waals surface area contributed by atoms with Gasteiger partial charge in [0.1, 0.15) is 34.8 Å². The number of aldehydes is 2. The molecule has 0 fully saturated rings. The molecule has 14 nitrogen and oxygen atoms in total. The van der Waals surface area contributed by atoms with Crippen LogP contribution < -0.4 is 24.8 Å². The highest BCUT2D eigenvalue weighted by molar-refractivity contribution is 7.90. The minimum Gasteiger partial charge on any atom is -0.493 e. The molecule has 16 heteroatoms. The maximum atomic E-state index is 14.1. The van der Waals surface area contributed by atoms with Crippen LogP contribution >= 0.6 is 11.3 Å². The number of nitrogens with one attached hydrogen (secondary N) is 2. The molecule has 7 rings (SSSR count). The molecule has 5 aromatic rings. The lowest BCUT2D eigenvalue weighted by Gasteiger charge is -2.27. The molecule has 1 aromatic heterocycles. The van der Waals surface area contributed by atoms with E-state index in [1.54, 1.807) is 36.4 Å². The zero-order valence-corrected chi connectivity index (χ0v) is 39.6. The molecule has 67 heavy (non-hydrogen) atoms. The van der Waals surface area contributed by atoms with Crippen molar-refractivity contribution in [2.75, 3.05) is 44.1 Å². The van der Waals surface area contributed by atoms with E-state index in [1.807, 2.05) is 36.6 Å². The van der Waals surface area contributed by atoms with Gasteiger partial charge in [-0.05, 0) is 104 Å². The number of carbonyl (C=O) groups excluding carboxylic acids is 5. The average molecular weight is 949 g/mol. The normalized spacial score (nSPS) is 14.2. The van der Waals surface area contributed by atoms with Gasteiger partial charge in [0.2, 0.25) is 0 Å². The van der Waals surface area contributed by atoms with E-state index in [4.69, 9.17) is 14.2 Å². The number of amides is 3. The molecule has 2 aliphatic rings. The highest BCUT2D eigenvalue weighted by atomic mass is 32.2. The first kappa shape index (κ1) is 48.6. The number of fused-ring (bicyclic) bond motifs is 2. The number of imide groups is 1. The Bertz CT molecular complexity index is 2680. The maximum Gasteiger partial charge on any atom is 0.264 e. The minimum atomic E-state index is -3.63. The molecule has 4 aromatic carbocycles. The van der Waals surface area contributed by atoms with Gasteiger partial charge in [0.05, 0.1) is 48.2 Å². The van der Waals surface area contributed by atoms with Gasteiger partial charge in [0.15, 0.2) is 11.5 Å². The lowest BCUT2D eigenvalue weighted by atomic mass is 10.0. The summed E-state index contributed by atoms with van der Waals surface area (Å²) in [6.07, 6.45) is 6.83. The number of benzene rings is 4. The predicted molar refractivity (Wildman–Crippen MR) is 257 cm³/mol. The summed E-state index contributed by atoms with van der Waals surface area (Å²) in [7, 11) is -2.13. The number of unbranched alkanes of at least 4 members (excludes halogenated alkanes) is 1. The van der Waals surface area contributed by atoms with Gasteiger partial charge < -0.3 is 39.3 Å². The van der Waals surface area contributed by atoms with E-state index in [0.29, 0.717) is 67.5 Å². The van der Waals surface area contributed by atoms with Crippen molar-refractivity contribution >= 4 is 57.2 Å². The van der Waals surface area contributed by atoms with Crippen molar-refractivity contribution < 1.29 is 46.6 Å². The number of ether oxygens (including phenoxy) is 3. The Morgan fingerprint density at radius 3 is 2.27 bits per heavy atom. The van der Waals surface area contributed by atoms with Gasteiger partial charge in [0.25, 0.3) is 17.7 Å². The van der Waals surface area contributed by atoms with E-state index in [1.165, 1.54) is 28.9 Å². The number of rotatable bonds is 26. The van der Waals surface area contributed by atoms with Crippen LogP contribution in [0.5, 0.6) is 17.2 Å². The summed E-state index contributed by atoms with van der Waals surface area (Å²) in [6, 6.07) is 24.8. The molecule has 352 valence electrons. The summed E-state index contributed by atoms with van der Waals surface area (Å²) in [4.78, 5) is 66.8. The van der Waals surface area contributed by atoms with Gasteiger partial charge in [-0.25, -0.2) is 8.42 Å². The first-order chi connectivity index (χ1) is 32.4. The van der Waals surface area contributed by atoms with Gasteiger partial charge in [-0.1, -0.05) is 48.5 Å². The standard InChI is InChI=1S/C51H56N4O10S2/c1-4-64-46-27-37(19-22-45(46)63-2)44(33-67(3,61)62)55-50(59)40-11-7-12-43(48(40)51(55)60)53-25-23-35-15-13-34(14-16-35)9-5-6-24-52-28-36-17-20-39(21-18-36)65-31-47-41-29-54(38(30-57)10-8-26-56)49(58)42(41)32-66-47/h7,11-22,26-27,30,32,38,44,52-53H,4-6,8-10,23-25,28-29,31,33H2,1-3H3/t38?,44-/m1/s1. The smallest absolute Gasteiger partial charge is 0.264 e.